The van der Waals surface area contributed by atoms with Gasteiger partial charge in [-0.2, -0.15) is 0 Å². The Kier molecular flexibility index (Phi) is 2.29. The molecule has 3 nitrogen and oxygen atoms in total. The molecule has 0 aliphatic rings. The number of nitrogens with zero attached hydrogens (tertiary/aromatic N) is 1. The van der Waals surface area contributed by atoms with E-state index in [2.05, 4.69) is 0 Å². The van der Waals surface area contributed by atoms with E-state index in [0.717, 1.165) is 11.3 Å². The second-order valence-corrected chi connectivity index (χ2v) is 3.39. The van der Waals surface area contributed by atoms with Crippen molar-refractivity contribution in [3.05, 3.63) is 53.9 Å². The summed E-state index contributed by atoms with van der Waals surface area (Å²) in [5, 5.41) is 8.98. The molecule has 0 fully saturated rings. The Morgan fingerprint density at radius 2 is 1.93 bits per heavy atom. The number of hydrogen-bond donors (Lipinski definition) is 1. The van der Waals surface area contributed by atoms with Crippen LogP contribution in [0.3, 0.4) is 0 Å². The molecule has 1 N–H and O–H groups in total. The number of aromatic nitrogens is 1. The fourth-order valence-electron chi connectivity index (χ4n) is 1.51. The van der Waals surface area contributed by atoms with Gasteiger partial charge in [-0.1, -0.05) is 6.07 Å². The fourth-order valence-corrected chi connectivity index (χ4v) is 1.51. The molecule has 0 saturated heterocycles. The molecule has 1 aromatic heterocycles. The molecule has 76 valence electrons. The first kappa shape index (κ1) is 9.52. The average molecular weight is 201 g/mol. The summed E-state index contributed by atoms with van der Waals surface area (Å²) in [6, 6.07) is 9.21. The van der Waals surface area contributed by atoms with Crippen LogP contribution in [0.4, 0.5) is 0 Å². The summed E-state index contributed by atoms with van der Waals surface area (Å²) in [7, 11) is 0. The predicted molar refractivity (Wildman–Crippen MR) is 57.5 cm³/mol. The third-order valence-electron chi connectivity index (χ3n) is 2.35. The van der Waals surface area contributed by atoms with Gasteiger partial charge in [-0.05, 0) is 36.8 Å². The van der Waals surface area contributed by atoms with E-state index in [0.29, 0.717) is 5.56 Å². The van der Waals surface area contributed by atoms with E-state index in [4.69, 9.17) is 5.11 Å². The molecule has 0 aliphatic heterocycles. The lowest BCUT2D eigenvalue weighted by Gasteiger charge is -2.06. The van der Waals surface area contributed by atoms with Crippen LogP contribution >= 0.6 is 0 Å². The zero-order valence-electron chi connectivity index (χ0n) is 8.34. The summed E-state index contributed by atoms with van der Waals surface area (Å²) in [6.07, 6.45) is 3.77. The Morgan fingerprint density at radius 3 is 2.53 bits per heavy atom. The van der Waals surface area contributed by atoms with E-state index < -0.39 is 5.97 Å². The molecule has 0 spiro atoms. The molecule has 3 heteroatoms. The van der Waals surface area contributed by atoms with Crippen molar-refractivity contribution in [2.75, 3.05) is 0 Å². The van der Waals surface area contributed by atoms with Crippen molar-refractivity contribution in [2.45, 2.75) is 6.92 Å². The van der Waals surface area contributed by atoms with Gasteiger partial charge in [-0.3, -0.25) is 0 Å². The zero-order chi connectivity index (χ0) is 10.8. The maximum atomic E-state index is 10.9. The SMILES string of the molecule is Cc1ccc(-n2cccc2)cc1C(=O)O. The second-order valence-electron chi connectivity index (χ2n) is 3.39. The molecule has 2 rings (SSSR count). The number of hydrogen-bond acceptors (Lipinski definition) is 1. The van der Waals surface area contributed by atoms with Gasteiger partial charge >= 0.3 is 5.97 Å². The molecule has 0 unspecified atom stereocenters. The van der Waals surface area contributed by atoms with Crippen molar-refractivity contribution < 1.29 is 9.90 Å². The monoisotopic (exact) mass is 201 g/mol. The molecule has 0 radical (unpaired) electrons. The first-order valence-corrected chi connectivity index (χ1v) is 4.66. The van der Waals surface area contributed by atoms with Crippen LogP contribution in [-0.2, 0) is 0 Å². The van der Waals surface area contributed by atoms with Gasteiger partial charge in [-0.25, -0.2) is 4.79 Å². The molecule has 1 heterocycles. The minimum absolute atomic E-state index is 0.348. The molecular weight excluding hydrogens is 190 g/mol. The van der Waals surface area contributed by atoms with Crippen LogP contribution in [0.25, 0.3) is 5.69 Å². The summed E-state index contributed by atoms with van der Waals surface area (Å²) in [5.41, 5.74) is 1.99. The first-order valence-electron chi connectivity index (χ1n) is 4.66. The van der Waals surface area contributed by atoms with E-state index >= 15 is 0 Å². The van der Waals surface area contributed by atoms with Crippen LogP contribution in [0, 0.1) is 6.92 Å². The van der Waals surface area contributed by atoms with Crippen molar-refractivity contribution >= 4 is 5.97 Å². The lowest BCUT2D eigenvalue weighted by atomic mass is 10.1. The van der Waals surface area contributed by atoms with Gasteiger partial charge in [0.2, 0.25) is 0 Å². The Balaban J connectivity index is 2.52. The highest BCUT2D eigenvalue weighted by molar-refractivity contribution is 5.90. The Labute approximate surface area is 87.6 Å². The van der Waals surface area contributed by atoms with Crippen molar-refractivity contribution in [3.8, 4) is 5.69 Å². The summed E-state index contributed by atoms with van der Waals surface area (Å²) in [5.74, 6) is -0.887. The van der Waals surface area contributed by atoms with Gasteiger partial charge in [0.05, 0.1) is 5.56 Å². The Hall–Kier alpha value is -2.03. The van der Waals surface area contributed by atoms with Crippen molar-refractivity contribution in [1.29, 1.82) is 0 Å². The first-order chi connectivity index (χ1) is 7.18. The molecule has 0 atom stereocenters. The molecule has 0 bridgehead atoms. The fraction of sp³-hybridized carbons (Fsp3) is 0.0833. The van der Waals surface area contributed by atoms with Crippen molar-refractivity contribution in [2.24, 2.45) is 0 Å². The van der Waals surface area contributed by atoms with Crippen LogP contribution in [0.1, 0.15) is 15.9 Å². The Morgan fingerprint density at radius 1 is 1.27 bits per heavy atom. The normalized spacial score (nSPS) is 10.2. The molecule has 0 amide bonds. The number of carbonyl (C=O) groups is 1. The highest BCUT2D eigenvalue weighted by Crippen LogP contribution is 2.14. The standard InChI is InChI=1S/C12H11NO2/c1-9-4-5-10(8-11(9)12(14)15)13-6-2-3-7-13/h2-8H,1H3,(H,14,15). The molecule has 0 saturated carbocycles. The topological polar surface area (TPSA) is 42.2 Å². The van der Waals surface area contributed by atoms with Crippen molar-refractivity contribution in [1.82, 2.24) is 4.57 Å². The summed E-state index contributed by atoms with van der Waals surface area (Å²) < 4.78 is 1.88. The lowest BCUT2D eigenvalue weighted by molar-refractivity contribution is 0.0696. The van der Waals surface area contributed by atoms with Crippen LogP contribution in [0.2, 0.25) is 0 Å². The van der Waals surface area contributed by atoms with Gasteiger partial charge in [-0.15, -0.1) is 0 Å². The van der Waals surface area contributed by atoms with Crippen molar-refractivity contribution in [3.63, 3.8) is 0 Å². The number of benzene rings is 1. The van der Waals surface area contributed by atoms with E-state index in [1.165, 1.54) is 0 Å². The predicted octanol–water partition coefficient (Wildman–Crippen LogP) is 2.48. The van der Waals surface area contributed by atoms with E-state index in [-0.39, 0.29) is 0 Å². The summed E-state index contributed by atoms with van der Waals surface area (Å²) in [6.45, 7) is 1.79. The van der Waals surface area contributed by atoms with E-state index in [9.17, 15) is 4.79 Å². The smallest absolute Gasteiger partial charge is 0.336 e. The third-order valence-corrected chi connectivity index (χ3v) is 2.35. The van der Waals surface area contributed by atoms with Crippen LogP contribution < -0.4 is 0 Å². The van der Waals surface area contributed by atoms with Gasteiger partial charge in [0.15, 0.2) is 0 Å². The molecule has 15 heavy (non-hydrogen) atoms. The van der Waals surface area contributed by atoms with Crippen LogP contribution in [-0.4, -0.2) is 15.6 Å². The lowest BCUT2D eigenvalue weighted by Crippen LogP contribution is -2.01. The quantitative estimate of drug-likeness (QED) is 0.811. The number of aryl methyl sites for hydroxylation is 1. The summed E-state index contributed by atoms with van der Waals surface area (Å²) in [4.78, 5) is 10.9. The second kappa shape index (κ2) is 3.61. The molecule has 0 aliphatic carbocycles. The van der Waals surface area contributed by atoms with E-state index in [1.54, 1.807) is 13.0 Å². The number of carboxylic acids is 1. The maximum Gasteiger partial charge on any atom is 0.336 e. The third kappa shape index (κ3) is 1.76. The minimum atomic E-state index is -0.887. The molecule has 2 aromatic rings. The average Bonchev–Trinajstić information content (AvgIpc) is 2.71. The number of aromatic carboxylic acids is 1. The van der Waals surface area contributed by atoms with Gasteiger partial charge < -0.3 is 9.67 Å². The minimum Gasteiger partial charge on any atom is -0.478 e. The van der Waals surface area contributed by atoms with Crippen LogP contribution in [0.5, 0.6) is 0 Å². The Bertz CT molecular complexity index is 486. The largest absolute Gasteiger partial charge is 0.478 e. The summed E-state index contributed by atoms with van der Waals surface area (Å²) >= 11 is 0. The number of rotatable bonds is 2. The van der Waals surface area contributed by atoms with Gasteiger partial charge in [0.25, 0.3) is 0 Å². The van der Waals surface area contributed by atoms with E-state index in [1.807, 2.05) is 41.2 Å². The highest BCUT2D eigenvalue weighted by Gasteiger charge is 2.07. The van der Waals surface area contributed by atoms with Crippen LogP contribution in [0.15, 0.2) is 42.7 Å². The number of carboxylic acid groups (broad SMARTS) is 1. The molecule has 1 aromatic carbocycles. The maximum absolute atomic E-state index is 10.9. The zero-order valence-corrected chi connectivity index (χ0v) is 8.34. The highest BCUT2D eigenvalue weighted by atomic mass is 16.4. The molecular formula is C12H11NO2. The van der Waals surface area contributed by atoms with Gasteiger partial charge in [0.1, 0.15) is 0 Å². The van der Waals surface area contributed by atoms with Gasteiger partial charge in [0, 0.05) is 18.1 Å².